The molecule has 1 amide bonds. The van der Waals surface area contributed by atoms with E-state index in [4.69, 9.17) is 14.2 Å². The molecule has 2 aliphatic rings. The van der Waals surface area contributed by atoms with Gasteiger partial charge >= 0.3 is 6.09 Å². The summed E-state index contributed by atoms with van der Waals surface area (Å²) in [5.74, 6) is 0.947. The number of nitrogens with zero attached hydrogens (tertiary/aromatic N) is 1. The Hall–Kier alpha value is -2.24. The Morgan fingerprint density at radius 3 is 2.00 bits per heavy atom. The summed E-state index contributed by atoms with van der Waals surface area (Å²) in [6.45, 7) is 5.64. The number of rotatable bonds is 4. The van der Waals surface area contributed by atoms with Crippen molar-refractivity contribution >= 4 is 11.9 Å². The van der Waals surface area contributed by atoms with E-state index in [-0.39, 0.29) is 29.9 Å². The molecule has 0 aliphatic carbocycles. The number of ketones is 1. The number of carbonyl (C=O) groups is 2. The van der Waals surface area contributed by atoms with Gasteiger partial charge in [0.2, 0.25) is 0 Å². The molecule has 2 aliphatic heterocycles. The van der Waals surface area contributed by atoms with Crippen molar-refractivity contribution in [3.63, 3.8) is 0 Å². The Labute approximate surface area is 167 Å². The van der Waals surface area contributed by atoms with Gasteiger partial charge in [0.15, 0.2) is 5.78 Å². The molecule has 2 atom stereocenters. The number of fused-ring (bicyclic) bond motifs is 2. The van der Waals surface area contributed by atoms with Crippen LogP contribution in [0, 0.1) is 5.92 Å². The van der Waals surface area contributed by atoms with E-state index in [0.29, 0.717) is 29.9 Å². The van der Waals surface area contributed by atoms with E-state index < -0.39 is 5.60 Å². The zero-order valence-electron chi connectivity index (χ0n) is 17.5. The Bertz CT molecular complexity index is 703. The number of hydrogen-bond acceptors (Lipinski definition) is 5. The zero-order valence-corrected chi connectivity index (χ0v) is 17.5. The number of Topliss-reactive ketones (excluding diaryl/α,β-unsaturated/α-hetero) is 1. The summed E-state index contributed by atoms with van der Waals surface area (Å²) in [5.41, 5.74) is -0.0238. The summed E-state index contributed by atoms with van der Waals surface area (Å²) in [4.78, 5) is 28.0. The van der Waals surface area contributed by atoms with Crippen molar-refractivity contribution in [2.75, 3.05) is 14.2 Å². The predicted octanol–water partition coefficient (Wildman–Crippen LogP) is 4.45. The highest BCUT2D eigenvalue weighted by molar-refractivity contribution is 6.03. The van der Waals surface area contributed by atoms with Gasteiger partial charge in [-0.2, -0.15) is 0 Å². The van der Waals surface area contributed by atoms with Gasteiger partial charge in [-0.1, -0.05) is 6.07 Å². The second-order valence-corrected chi connectivity index (χ2v) is 8.70. The highest BCUT2D eigenvalue weighted by atomic mass is 16.6. The fourth-order valence-electron chi connectivity index (χ4n) is 4.51. The van der Waals surface area contributed by atoms with Gasteiger partial charge in [-0.3, -0.25) is 4.79 Å². The predicted molar refractivity (Wildman–Crippen MR) is 106 cm³/mol. The molecule has 2 fully saturated rings. The molecule has 2 saturated heterocycles. The van der Waals surface area contributed by atoms with Crippen LogP contribution in [-0.2, 0) is 4.74 Å². The second kappa shape index (κ2) is 8.02. The van der Waals surface area contributed by atoms with Crippen LogP contribution >= 0.6 is 0 Å². The molecule has 0 aromatic heterocycles. The number of carbonyl (C=O) groups excluding carboxylic acids is 2. The van der Waals surface area contributed by atoms with E-state index in [1.54, 1.807) is 26.4 Å². The number of hydrogen-bond donors (Lipinski definition) is 0. The lowest BCUT2D eigenvalue weighted by atomic mass is 9.75. The topological polar surface area (TPSA) is 65.1 Å². The summed E-state index contributed by atoms with van der Waals surface area (Å²) in [6.07, 6.45) is 3.92. The highest BCUT2D eigenvalue weighted by Crippen LogP contribution is 2.41. The SMILES string of the molecule is COc1cccc(OC)c1C(=O)C1CC2CCCC(C1)N2C(=O)OC(C)(C)C. The molecule has 2 unspecified atom stereocenters. The number of methoxy groups -OCH3 is 2. The quantitative estimate of drug-likeness (QED) is 0.712. The molecule has 3 rings (SSSR count). The van der Waals surface area contributed by atoms with E-state index in [9.17, 15) is 9.59 Å². The summed E-state index contributed by atoms with van der Waals surface area (Å²) in [6, 6.07) is 5.46. The number of ether oxygens (including phenoxy) is 3. The molecule has 1 aromatic rings. The van der Waals surface area contributed by atoms with E-state index in [0.717, 1.165) is 19.3 Å². The molecule has 0 radical (unpaired) electrons. The molecule has 154 valence electrons. The maximum Gasteiger partial charge on any atom is 0.410 e. The van der Waals surface area contributed by atoms with Crippen LogP contribution in [0.25, 0.3) is 0 Å². The minimum Gasteiger partial charge on any atom is -0.496 e. The van der Waals surface area contributed by atoms with Gasteiger partial charge in [-0.25, -0.2) is 4.79 Å². The smallest absolute Gasteiger partial charge is 0.410 e. The minimum absolute atomic E-state index is 0.0371. The van der Waals surface area contributed by atoms with Gasteiger partial charge in [0.25, 0.3) is 0 Å². The minimum atomic E-state index is -0.525. The second-order valence-electron chi connectivity index (χ2n) is 8.70. The standard InChI is InChI=1S/C22H31NO5/c1-22(2,3)28-21(25)23-15-8-6-9-16(23)13-14(12-15)20(24)19-17(26-4)10-7-11-18(19)27-5/h7,10-11,14-16H,6,8-9,12-13H2,1-5H3. The van der Waals surface area contributed by atoms with Gasteiger partial charge in [-0.15, -0.1) is 0 Å². The first-order valence-electron chi connectivity index (χ1n) is 10.0. The monoisotopic (exact) mass is 389 g/mol. The Kier molecular flexibility index (Phi) is 5.87. The summed E-state index contributed by atoms with van der Waals surface area (Å²) in [7, 11) is 3.12. The van der Waals surface area contributed by atoms with Crippen LogP contribution in [0.2, 0.25) is 0 Å². The summed E-state index contributed by atoms with van der Waals surface area (Å²) in [5, 5.41) is 0. The third-order valence-corrected chi connectivity index (χ3v) is 5.62. The van der Waals surface area contributed by atoms with Crippen LogP contribution < -0.4 is 9.47 Å². The molecule has 2 heterocycles. The van der Waals surface area contributed by atoms with Gasteiger partial charge in [0, 0.05) is 18.0 Å². The average Bonchev–Trinajstić information content (AvgIpc) is 2.64. The van der Waals surface area contributed by atoms with Crippen molar-refractivity contribution in [2.24, 2.45) is 5.92 Å². The molecule has 2 bridgehead atoms. The maximum absolute atomic E-state index is 13.4. The summed E-state index contributed by atoms with van der Waals surface area (Å²) < 4.78 is 16.5. The van der Waals surface area contributed by atoms with Crippen molar-refractivity contribution in [1.29, 1.82) is 0 Å². The van der Waals surface area contributed by atoms with Gasteiger partial charge < -0.3 is 19.1 Å². The fraction of sp³-hybridized carbons (Fsp3) is 0.636. The Balaban J connectivity index is 1.83. The van der Waals surface area contributed by atoms with Crippen LogP contribution in [0.1, 0.15) is 63.2 Å². The van der Waals surface area contributed by atoms with E-state index >= 15 is 0 Å². The summed E-state index contributed by atoms with van der Waals surface area (Å²) >= 11 is 0. The van der Waals surface area contributed by atoms with Crippen LogP contribution in [0.5, 0.6) is 11.5 Å². The Morgan fingerprint density at radius 2 is 1.54 bits per heavy atom. The highest BCUT2D eigenvalue weighted by Gasteiger charge is 2.45. The first-order valence-corrected chi connectivity index (χ1v) is 10.0. The molecule has 28 heavy (non-hydrogen) atoms. The third-order valence-electron chi connectivity index (χ3n) is 5.62. The van der Waals surface area contributed by atoms with Crippen LogP contribution in [-0.4, -0.2) is 48.7 Å². The average molecular weight is 389 g/mol. The van der Waals surface area contributed by atoms with Crippen LogP contribution in [0.4, 0.5) is 4.79 Å². The van der Waals surface area contributed by atoms with Gasteiger partial charge in [0.1, 0.15) is 22.7 Å². The lowest BCUT2D eigenvalue weighted by Crippen LogP contribution is -2.56. The molecule has 0 saturated carbocycles. The van der Waals surface area contributed by atoms with Crippen molar-refractivity contribution in [1.82, 2.24) is 4.90 Å². The van der Waals surface area contributed by atoms with E-state index in [1.165, 1.54) is 0 Å². The molecule has 1 aromatic carbocycles. The van der Waals surface area contributed by atoms with Crippen LogP contribution in [0.3, 0.4) is 0 Å². The third kappa shape index (κ3) is 4.10. The number of benzene rings is 1. The van der Waals surface area contributed by atoms with Gasteiger partial charge in [-0.05, 0) is 65.0 Å². The zero-order chi connectivity index (χ0) is 20.5. The molecule has 0 spiro atoms. The molecular formula is C22H31NO5. The van der Waals surface area contributed by atoms with E-state index in [2.05, 4.69) is 0 Å². The largest absolute Gasteiger partial charge is 0.496 e. The normalized spacial score (nSPS) is 24.5. The Morgan fingerprint density at radius 1 is 1.00 bits per heavy atom. The molecule has 6 nitrogen and oxygen atoms in total. The van der Waals surface area contributed by atoms with Crippen molar-refractivity contribution in [3.05, 3.63) is 23.8 Å². The van der Waals surface area contributed by atoms with Crippen molar-refractivity contribution in [3.8, 4) is 11.5 Å². The number of amides is 1. The van der Waals surface area contributed by atoms with Crippen LogP contribution in [0.15, 0.2) is 18.2 Å². The lowest BCUT2D eigenvalue weighted by Gasteiger charge is -2.48. The molecule has 6 heteroatoms. The molecule has 0 N–H and O–H groups in total. The first kappa shape index (κ1) is 20.5. The maximum atomic E-state index is 13.4. The first-order chi connectivity index (χ1) is 13.2. The fourth-order valence-corrected chi connectivity index (χ4v) is 4.51. The lowest BCUT2D eigenvalue weighted by molar-refractivity contribution is -0.0261. The molecular weight excluding hydrogens is 358 g/mol. The van der Waals surface area contributed by atoms with Gasteiger partial charge in [0.05, 0.1) is 14.2 Å². The number of piperidine rings is 2. The van der Waals surface area contributed by atoms with E-state index in [1.807, 2.05) is 31.7 Å². The van der Waals surface area contributed by atoms with Crippen molar-refractivity contribution < 1.29 is 23.8 Å². The van der Waals surface area contributed by atoms with Crippen molar-refractivity contribution in [2.45, 2.75) is 70.6 Å².